The number of hydrogen-bond acceptors (Lipinski definition) is 6. The van der Waals surface area contributed by atoms with Crippen molar-refractivity contribution < 1.29 is 13.7 Å². The molecule has 3 rings (SSSR count). The lowest BCUT2D eigenvalue weighted by Gasteiger charge is -2.34. The van der Waals surface area contributed by atoms with Gasteiger partial charge in [-0.2, -0.15) is 4.98 Å². The topological polar surface area (TPSA) is 72.1 Å². The molecule has 1 aliphatic rings. The van der Waals surface area contributed by atoms with Gasteiger partial charge in [-0.1, -0.05) is 5.16 Å². The van der Waals surface area contributed by atoms with Crippen molar-refractivity contribution >= 4 is 17.2 Å². The molecule has 0 N–H and O–H groups in total. The lowest BCUT2D eigenvalue weighted by molar-refractivity contribution is 0.0154. The Hall–Kier alpha value is -1.83. The van der Waals surface area contributed by atoms with Gasteiger partial charge in [0.2, 0.25) is 5.67 Å². The third kappa shape index (κ3) is 2.63. The summed E-state index contributed by atoms with van der Waals surface area (Å²) in [6.07, 6.45) is 0.833. The van der Waals surface area contributed by atoms with Crippen molar-refractivity contribution in [2.45, 2.75) is 39.3 Å². The molecule has 1 unspecified atom stereocenters. The quantitative estimate of drug-likeness (QED) is 0.849. The van der Waals surface area contributed by atoms with Crippen LogP contribution in [0.15, 0.2) is 4.52 Å². The fourth-order valence-corrected chi connectivity index (χ4v) is 3.60. The smallest absolute Gasteiger partial charge is 0.266 e. The monoisotopic (exact) mass is 324 g/mol. The number of aryl methyl sites for hydroxylation is 3. The van der Waals surface area contributed by atoms with Crippen LogP contribution in [0.3, 0.4) is 0 Å². The summed E-state index contributed by atoms with van der Waals surface area (Å²) in [5.74, 6) is 0.171. The second kappa shape index (κ2) is 5.42. The molecule has 6 nitrogen and oxygen atoms in total. The lowest BCUT2D eigenvalue weighted by Crippen LogP contribution is -2.46. The predicted molar refractivity (Wildman–Crippen MR) is 78.5 cm³/mol. The molecule has 1 amide bonds. The zero-order chi connectivity index (χ0) is 15.9. The molecule has 0 radical (unpaired) electrons. The lowest BCUT2D eigenvalue weighted by atomic mass is 9.94. The molecule has 1 fully saturated rings. The predicted octanol–water partition coefficient (Wildman–Crippen LogP) is 2.55. The molecule has 1 atom stereocenters. The average molecular weight is 324 g/mol. The van der Waals surface area contributed by atoms with E-state index in [4.69, 9.17) is 4.52 Å². The van der Waals surface area contributed by atoms with E-state index in [9.17, 15) is 4.79 Å². The first kappa shape index (κ1) is 15.1. The van der Waals surface area contributed by atoms with E-state index >= 15 is 4.39 Å². The molecule has 1 aliphatic heterocycles. The van der Waals surface area contributed by atoms with Crippen LogP contribution in [0.2, 0.25) is 0 Å². The zero-order valence-corrected chi connectivity index (χ0v) is 13.5. The van der Waals surface area contributed by atoms with Gasteiger partial charge in [-0.25, -0.2) is 9.37 Å². The molecule has 1 saturated heterocycles. The molecule has 2 aromatic rings. The Morgan fingerprint density at radius 1 is 1.36 bits per heavy atom. The highest BCUT2D eigenvalue weighted by Gasteiger charge is 2.44. The molecule has 2 aromatic heterocycles. The first-order chi connectivity index (χ1) is 10.4. The molecule has 3 heterocycles. The minimum Gasteiger partial charge on any atom is -0.336 e. The molecule has 0 spiro atoms. The van der Waals surface area contributed by atoms with Crippen molar-refractivity contribution in [3.05, 3.63) is 27.3 Å². The van der Waals surface area contributed by atoms with E-state index in [2.05, 4.69) is 15.1 Å². The van der Waals surface area contributed by atoms with Crippen molar-refractivity contribution in [1.29, 1.82) is 0 Å². The third-order valence-corrected chi connectivity index (χ3v) is 4.80. The van der Waals surface area contributed by atoms with Crippen LogP contribution in [-0.2, 0) is 5.67 Å². The van der Waals surface area contributed by atoms with Crippen LogP contribution >= 0.6 is 11.3 Å². The highest BCUT2D eigenvalue weighted by molar-refractivity contribution is 7.13. The van der Waals surface area contributed by atoms with Crippen molar-refractivity contribution in [3.63, 3.8) is 0 Å². The van der Waals surface area contributed by atoms with E-state index < -0.39 is 5.67 Å². The summed E-state index contributed by atoms with van der Waals surface area (Å²) in [6.45, 7) is 5.75. The Kier molecular flexibility index (Phi) is 3.72. The zero-order valence-electron chi connectivity index (χ0n) is 12.7. The summed E-state index contributed by atoms with van der Waals surface area (Å²) in [5, 5.41) is 4.48. The Labute approximate surface area is 131 Å². The first-order valence-electron chi connectivity index (χ1n) is 7.12. The van der Waals surface area contributed by atoms with Gasteiger partial charge in [-0.3, -0.25) is 4.79 Å². The maximum Gasteiger partial charge on any atom is 0.266 e. The highest BCUT2D eigenvalue weighted by Crippen LogP contribution is 2.35. The second-order valence-corrected chi connectivity index (χ2v) is 6.79. The van der Waals surface area contributed by atoms with E-state index in [0.717, 1.165) is 5.01 Å². The number of halogens is 1. The molecule has 0 saturated carbocycles. The van der Waals surface area contributed by atoms with Gasteiger partial charge in [-0.05, 0) is 33.6 Å². The van der Waals surface area contributed by atoms with Gasteiger partial charge in [0, 0.05) is 6.54 Å². The highest BCUT2D eigenvalue weighted by atomic mass is 32.1. The number of thiazole rings is 1. The number of aromatic nitrogens is 3. The summed E-state index contributed by atoms with van der Waals surface area (Å²) in [6, 6.07) is 0. The molecule has 22 heavy (non-hydrogen) atoms. The summed E-state index contributed by atoms with van der Waals surface area (Å²) in [4.78, 5) is 23.0. The minimum absolute atomic E-state index is 0.0419. The van der Waals surface area contributed by atoms with Crippen LogP contribution < -0.4 is 0 Å². The van der Waals surface area contributed by atoms with Gasteiger partial charge in [0.25, 0.3) is 11.8 Å². The molecular formula is C14H17FN4O2S. The maximum atomic E-state index is 15.1. The number of carbonyl (C=O) groups excluding carboxylic acids is 1. The van der Waals surface area contributed by atoms with E-state index in [1.54, 1.807) is 13.8 Å². The maximum absolute atomic E-state index is 15.1. The number of amides is 1. The fraction of sp³-hybridized carbons (Fsp3) is 0.571. The van der Waals surface area contributed by atoms with E-state index in [-0.39, 0.29) is 24.8 Å². The normalized spacial score (nSPS) is 22.1. The summed E-state index contributed by atoms with van der Waals surface area (Å²) >= 11 is 1.34. The minimum atomic E-state index is -1.77. The van der Waals surface area contributed by atoms with E-state index in [0.29, 0.717) is 29.4 Å². The van der Waals surface area contributed by atoms with Gasteiger partial charge in [0.15, 0.2) is 5.82 Å². The SMILES string of the molecule is Cc1noc(C2(F)CCCN(C(=O)c3sc(C)nc3C)C2)n1. The third-order valence-electron chi connectivity index (χ3n) is 3.74. The van der Waals surface area contributed by atoms with Crippen LogP contribution in [0.25, 0.3) is 0 Å². The van der Waals surface area contributed by atoms with Crippen molar-refractivity contribution in [2.75, 3.05) is 13.1 Å². The van der Waals surface area contributed by atoms with Gasteiger partial charge in [-0.15, -0.1) is 11.3 Å². The van der Waals surface area contributed by atoms with Crippen LogP contribution in [-0.4, -0.2) is 39.0 Å². The van der Waals surface area contributed by atoms with Crippen LogP contribution in [0, 0.1) is 20.8 Å². The fourth-order valence-electron chi connectivity index (χ4n) is 2.71. The average Bonchev–Trinajstić information content (AvgIpc) is 3.04. The number of piperidine rings is 1. The standard InChI is InChI=1S/C14H17FN4O2S/c1-8-11(22-10(3)16-8)12(20)19-6-4-5-14(15,7-19)13-17-9(2)18-21-13/h4-7H2,1-3H3. The van der Waals surface area contributed by atoms with Crippen molar-refractivity contribution in [2.24, 2.45) is 0 Å². The van der Waals surface area contributed by atoms with Gasteiger partial charge in [0.1, 0.15) is 4.88 Å². The number of hydrogen-bond donors (Lipinski definition) is 0. The summed E-state index contributed by atoms with van der Waals surface area (Å²) in [5.41, 5.74) is -1.08. The Morgan fingerprint density at radius 3 is 2.73 bits per heavy atom. The van der Waals surface area contributed by atoms with Crippen LogP contribution in [0.1, 0.15) is 44.9 Å². The van der Waals surface area contributed by atoms with Crippen molar-refractivity contribution in [3.8, 4) is 0 Å². The summed E-state index contributed by atoms with van der Waals surface area (Å²) in [7, 11) is 0. The summed E-state index contributed by atoms with van der Waals surface area (Å²) < 4.78 is 20.1. The molecular weight excluding hydrogens is 307 g/mol. The van der Waals surface area contributed by atoms with E-state index in [1.807, 2.05) is 6.92 Å². The first-order valence-corrected chi connectivity index (χ1v) is 7.94. The van der Waals surface area contributed by atoms with Gasteiger partial charge in [0.05, 0.1) is 17.2 Å². The van der Waals surface area contributed by atoms with E-state index in [1.165, 1.54) is 16.2 Å². The second-order valence-electron chi connectivity index (χ2n) is 5.59. The number of rotatable bonds is 2. The number of nitrogens with zero attached hydrogens (tertiary/aromatic N) is 4. The molecule has 0 aliphatic carbocycles. The van der Waals surface area contributed by atoms with Crippen LogP contribution in [0.4, 0.5) is 4.39 Å². The molecule has 8 heteroatoms. The number of carbonyl (C=O) groups is 1. The Bertz CT molecular complexity index is 714. The largest absolute Gasteiger partial charge is 0.336 e. The Morgan fingerprint density at radius 2 is 2.14 bits per heavy atom. The Balaban J connectivity index is 1.84. The molecule has 0 bridgehead atoms. The van der Waals surface area contributed by atoms with Gasteiger partial charge < -0.3 is 9.42 Å². The molecule has 0 aromatic carbocycles. The van der Waals surface area contributed by atoms with Crippen LogP contribution in [0.5, 0.6) is 0 Å². The van der Waals surface area contributed by atoms with Crippen molar-refractivity contribution in [1.82, 2.24) is 20.0 Å². The molecule has 118 valence electrons. The number of alkyl halides is 1. The van der Waals surface area contributed by atoms with Gasteiger partial charge >= 0.3 is 0 Å². The number of likely N-dealkylation sites (tertiary alicyclic amines) is 1.